The molecule has 3 rings (SSSR count). The molecule has 1 aromatic carbocycles. The van der Waals surface area contributed by atoms with Crippen LogP contribution in [0.15, 0.2) is 30.3 Å². The lowest BCUT2D eigenvalue weighted by atomic mass is 10.1. The highest BCUT2D eigenvalue weighted by molar-refractivity contribution is 6.17. The fourth-order valence-electron chi connectivity index (χ4n) is 2.54. The summed E-state index contributed by atoms with van der Waals surface area (Å²) in [6.07, 6.45) is 5.13. The lowest BCUT2D eigenvalue weighted by Crippen LogP contribution is -2.12. The Morgan fingerprint density at radius 2 is 2.00 bits per heavy atom. The molecular weight excluding hydrogens is 246 g/mol. The molecule has 1 fully saturated rings. The van der Waals surface area contributed by atoms with Crippen molar-refractivity contribution in [3.63, 3.8) is 0 Å². The highest BCUT2D eigenvalue weighted by Gasteiger charge is 2.18. The van der Waals surface area contributed by atoms with Gasteiger partial charge in [0.2, 0.25) is 5.88 Å². The first-order valence-electron chi connectivity index (χ1n) is 6.48. The van der Waals surface area contributed by atoms with Gasteiger partial charge in [-0.3, -0.25) is 0 Å². The predicted octanol–water partition coefficient (Wildman–Crippen LogP) is 4.30. The average Bonchev–Trinajstić information content (AvgIpc) is 2.91. The van der Waals surface area contributed by atoms with Crippen molar-refractivity contribution in [2.75, 3.05) is 0 Å². The number of alkyl halides is 1. The van der Waals surface area contributed by atoms with E-state index in [0.717, 1.165) is 35.2 Å². The number of benzene rings is 1. The summed E-state index contributed by atoms with van der Waals surface area (Å²) in [5.41, 5.74) is 0.878. The second-order valence-electron chi connectivity index (χ2n) is 4.80. The van der Waals surface area contributed by atoms with E-state index in [4.69, 9.17) is 16.3 Å². The van der Waals surface area contributed by atoms with Crippen LogP contribution in [0.25, 0.3) is 10.8 Å². The number of fused-ring (bicyclic) bond motifs is 1. The molecule has 0 bridgehead atoms. The van der Waals surface area contributed by atoms with Crippen LogP contribution in [0.4, 0.5) is 0 Å². The van der Waals surface area contributed by atoms with Crippen LogP contribution in [0.5, 0.6) is 5.88 Å². The molecule has 0 spiro atoms. The van der Waals surface area contributed by atoms with Gasteiger partial charge in [0, 0.05) is 5.39 Å². The number of ether oxygens (including phenoxy) is 1. The van der Waals surface area contributed by atoms with Gasteiger partial charge in [-0.2, -0.15) is 0 Å². The van der Waals surface area contributed by atoms with Gasteiger partial charge in [0.25, 0.3) is 0 Å². The van der Waals surface area contributed by atoms with Crippen LogP contribution in [-0.2, 0) is 5.88 Å². The summed E-state index contributed by atoms with van der Waals surface area (Å²) < 4.78 is 6.06. The Labute approximate surface area is 112 Å². The number of halogens is 1. The van der Waals surface area contributed by atoms with Gasteiger partial charge in [-0.15, -0.1) is 11.6 Å². The molecule has 1 aliphatic carbocycles. The SMILES string of the molecule is ClCc1cc2ccccc2c(OC2CCCC2)n1. The van der Waals surface area contributed by atoms with Gasteiger partial charge in [0.1, 0.15) is 6.10 Å². The highest BCUT2D eigenvalue weighted by Crippen LogP contribution is 2.29. The zero-order chi connectivity index (χ0) is 12.4. The van der Waals surface area contributed by atoms with Gasteiger partial charge in [0.15, 0.2) is 0 Å². The standard InChI is InChI=1S/C15H16ClNO/c16-10-12-9-11-5-1-4-8-14(11)15(17-12)18-13-6-2-3-7-13/h1,4-5,8-9,13H,2-3,6-7,10H2. The molecule has 1 heterocycles. The summed E-state index contributed by atoms with van der Waals surface area (Å²) in [5, 5.41) is 2.23. The maximum absolute atomic E-state index is 6.06. The molecule has 1 aromatic heterocycles. The third-order valence-electron chi connectivity index (χ3n) is 3.48. The predicted molar refractivity (Wildman–Crippen MR) is 74.2 cm³/mol. The lowest BCUT2D eigenvalue weighted by Gasteiger charge is -2.14. The van der Waals surface area contributed by atoms with E-state index in [1.807, 2.05) is 18.2 Å². The van der Waals surface area contributed by atoms with Crippen molar-refractivity contribution in [3.05, 3.63) is 36.0 Å². The van der Waals surface area contributed by atoms with E-state index in [2.05, 4.69) is 17.1 Å². The molecule has 0 atom stereocenters. The number of rotatable bonds is 3. The van der Waals surface area contributed by atoms with Gasteiger partial charge < -0.3 is 4.74 Å². The van der Waals surface area contributed by atoms with E-state index in [9.17, 15) is 0 Å². The van der Waals surface area contributed by atoms with Gasteiger partial charge in [-0.25, -0.2) is 4.98 Å². The van der Waals surface area contributed by atoms with E-state index in [0.29, 0.717) is 12.0 Å². The number of hydrogen-bond donors (Lipinski definition) is 0. The average molecular weight is 262 g/mol. The fraction of sp³-hybridized carbons (Fsp3) is 0.400. The van der Waals surface area contributed by atoms with Crippen LogP contribution in [0, 0.1) is 0 Å². The summed E-state index contributed by atoms with van der Waals surface area (Å²) in [6, 6.07) is 10.2. The fourth-order valence-corrected chi connectivity index (χ4v) is 2.68. The number of aromatic nitrogens is 1. The molecule has 1 aliphatic rings. The minimum atomic E-state index is 0.325. The molecule has 18 heavy (non-hydrogen) atoms. The molecule has 0 amide bonds. The third-order valence-corrected chi connectivity index (χ3v) is 3.75. The Hall–Kier alpha value is -1.28. The van der Waals surface area contributed by atoms with Crippen LogP contribution in [-0.4, -0.2) is 11.1 Å². The van der Waals surface area contributed by atoms with Crippen molar-refractivity contribution >= 4 is 22.4 Å². The molecule has 0 N–H and O–H groups in total. The molecule has 0 unspecified atom stereocenters. The Balaban J connectivity index is 2.01. The van der Waals surface area contributed by atoms with Gasteiger partial charge in [0.05, 0.1) is 11.6 Å². The Kier molecular flexibility index (Phi) is 3.37. The second kappa shape index (κ2) is 5.15. The van der Waals surface area contributed by atoms with Crippen LogP contribution in [0.3, 0.4) is 0 Å². The second-order valence-corrected chi connectivity index (χ2v) is 5.07. The maximum Gasteiger partial charge on any atom is 0.221 e. The summed E-state index contributed by atoms with van der Waals surface area (Å²) >= 11 is 5.90. The topological polar surface area (TPSA) is 22.1 Å². The molecule has 2 nitrogen and oxygen atoms in total. The van der Waals surface area contributed by atoms with Crippen LogP contribution >= 0.6 is 11.6 Å². The minimum Gasteiger partial charge on any atom is -0.474 e. The summed E-state index contributed by atoms with van der Waals surface area (Å²) in [7, 11) is 0. The van der Waals surface area contributed by atoms with E-state index < -0.39 is 0 Å². The number of hydrogen-bond acceptors (Lipinski definition) is 2. The molecule has 2 aromatic rings. The lowest BCUT2D eigenvalue weighted by molar-refractivity contribution is 0.204. The first kappa shape index (κ1) is 11.8. The first-order chi connectivity index (χ1) is 8.86. The molecular formula is C15H16ClNO. The monoisotopic (exact) mass is 261 g/mol. The van der Waals surface area contributed by atoms with Crippen LogP contribution < -0.4 is 4.74 Å². The van der Waals surface area contributed by atoms with Crippen molar-refractivity contribution < 1.29 is 4.74 Å². The first-order valence-corrected chi connectivity index (χ1v) is 7.01. The normalized spacial score (nSPS) is 16.3. The summed E-state index contributed by atoms with van der Waals surface area (Å²) in [5.74, 6) is 1.17. The molecule has 0 aliphatic heterocycles. The van der Waals surface area contributed by atoms with E-state index in [1.165, 1.54) is 12.8 Å². The molecule has 0 saturated heterocycles. The minimum absolute atomic E-state index is 0.325. The summed E-state index contributed by atoms with van der Waals surface area (Å²) in [6.45, 7) is 0. The highest BCUT2D eigenvalue weighted by atomic mass is 35.5. The smallest absolute Gasteiger partial charge is 0.221 e. The Bertz CT molecular complexity index is 549. The molecule has 94 valence electrons. The number of pyridine rings is 1. The molecule has 1 saturated carbocycles. The van der Waals surface area contributed by atoms with Crippen molar-refractivity contribution in [3.8, 4) is 5.88 Å². The Morgan fingerprint density at radius 3 is 2.78 bits per heavy atom. The van der Waals surface area contributed by atoms with E-state index in [-0.39, 0.29) is 0 Å². The molecule has 3 heteroatoms. The zero-order valence-electron chi connectivity index (χ0n) is 10.2. The van der Waals surface area contributed by atoms with E-state index in [1.54, 1.807) is 0 Å². The van der Waals surface area contributed by atoms with Gasteiger partial charge >= 0.3 is 0 Å². The van der Waals surface area contributed by atoms with Crippen LogP contribution in [0.2, 0.25) is 0 Å². The van der Waals surface area contributed by atoms with Crippen molar-refractivity contribution in [1.82, 2.24) is 4.98 Å². The number of nitrogens with zero attached hydrogens (tertiary/aromatic N) is 1. The summed E-state index contributed by atoms with van der Waals surface area (Å²) in [4.78, 5) is 4.53. The van der Waals surface area contributed by atoms with Gasteiger partial charge in [-0.05, 0) is 43.2 Å². The quantitative estimate of drug-likeness (QED) is 0.769. The van der Waals surface area contributed by atoms with E-state index >= 15 is 0 Å². The largest absolute Gasteiger partial charge is 0.474 e. The maximum atomic E-state index is 6.06. The zero-order valence-corrected chi connectivity index (χ0v) is 11.0. The van der Waals surface area contributed by atoms with Crippen LogP contribution in [0.1, 0.15) is 31.4 Å². The van der Waals surface area contributed by atoms with Crippen molar-refractivity contribution in [2.24, 2.45) is 0 Å². The third kappa shape index (κ3) is 2.30. The van der Waals surface area contributed by atoms with Gasteiger partial charge in [-0.1, -0.05) is 18.2 Å². The molecule has 0 radical (unpaired) electrons. The van der Waals surface area contributed by atoms with Crippen molar-refractivity contribution in [2.45, 2.75) is 37.7 Å². The Morgan fingerprint density at radius 1 is 1.22 bits per heavy atom. The van der Waals surface area contributed by atoms with Crippen molar-refractivity contribution in [1.29, 1.82) is 0 Å².